The average Bonchev–Trinajstić information content (AvgIpc) is 4.09. The van der Waals surface area contributed by atoms with Crippen LogP contribution in [-0.4, -0.2) is 76.4 Å². The Balaban J connectivity index is 0.000000202. The fourth-order valence-electron chi connectivity index (χ4n) is 6.77. The topological polar surface area (TPSA) is 171 Å². The van der Waals surface area contributed by atoms with Crippen molar-refractivity contribution in [1.82, 2.24) is 9.97 Å². The standard InChI is InChI=1S/C28H23Cl2NO4S.C17H10BrCl2NO2S.C11H15BO4/c1-28(2,3)35-26(32)17-7-5-16(6-8-17)20-11-9-19(13-21(20)27(33)34-4)25-31-24(15-36-25)18-10-12-22(29)23(30)14-18;1-23-17(22)11-6-10(2-4-12(11)18)16-21-15(8-24-16)9-3-5-13(19)14(20)7-9;1-11(2,3)16-10(13)8-4-6-9(7-5-8)12(14)15/h5-15H,1-4H3;2-8H,1H3;4-7,14-15H,1-3H3. The van der Waals surface area contributed by atoms with Crippen LogP contribution in [0.5, 0.6) is 0 Å². The molecule has 0 radical (unpaired) electrons. The van der Waals surface area contributed by atoms with Crippen molar-refractivity contribution in [3.05, 3.63) is 179 Å². The van der Waals surface area contributed by atoms with Crippen molar-refractivity contribution in [3.8, 4) is 54.8 Å². The first-order valence-corrected chi connectivity index (χ1v) is 26.9. The molecule has 0 aliphatic heterocycles. The minimum atomic E-state index is -1.52. The zero-order chi connectivity index (χ0) is 55.6. The molecule has 0 unspecified atom stereocenters. The van der Waals surface area contributed by atoms with Gasteiger partial charge in [-0.2, -0.15) is 0 Å². The van der Waals surface area contributed by atoms with E-state index in [1.165, 1.54) is 61.2 Å². The maximum absolute atomic E-state index is 12.7. The number of esters is 4. The second kappa shape index (κ2) is 26.0. The van der Waals surface area contributed by atoms with E-state index < -0.39 is 42.2 Å². The number of thiazole rings is 2. The summed E-state index contributed by atoms with van der Waals surface area (Å²) in [5.74, 6) is -1.69. The summed E-state index contributed by atoms with van der Waals surface area (Å²) in [6.07, 6.45) is 0. The number of rotatable bonds is 10. The van der Waals surface area contributed by atoms with Crippen LogP contribution in [0, 0.1) is 0 Å². The van der Waals surface area contributed by atoms with Gasteiger partial charge in [0.2, 0.25) is 0 Å². The fourth-order valence-corrected chi connectivity index (χ4v) is 9.43. The van der Waals surface area contributed by atoms with E-state index >= 15 is 0 Å². The number of carbonyl (C=O) groups is 4. The molecule has 0 aliphatic rings. The van der Waals surface area contributed by atoms with Gasteiger partial charge in [0.25, 0.3) is 0 Å². The number of nitrogens with zero attached hydrogens (tertiary/aromatic N) is 2. The van der Waals surface area contributed by atoms with Gasteiger partial charge in [-0.3, -0.25) is 0 Å². The Bertz CT molecular complexity index is 3390. The summed E-state index contributed by atoms with van der Waals surface area (Å²) >= 11 is 30.5. The molecular formula is C56H48BBrCl4N2O10S2. The molecule has 0 saturated carbocycles. The normalized spacial score (nSPS) is 11.0. The molecule has 0 aliphatic carbocycles. The zero-order valence-electron chi connectivity index (χ0n) is 42.0. The van der Waals surface area contributed by atoms with Gasteiger partial charge in [0, 0.05) is 37.5 Å². The molecule has 0 bridgehead atoms. The molecule has 392 valence electrons. The number of hydrogen-bond donors (Lipinski definition) is 2. The number of carbonyl (C=O) groups excluding carboxylic acids is 4. The highest BCUT2D eigenvalue weighted by Crippen LogP contribution is 2.37. The van der Waals surface area contributed by atoms with Crippen LogP contribution in [-0.2, 0) is 18.9 Å². The van der Waals surface area contributed by atoms with Crippen molar-refractivity contribution >= 4 is 121 Å². The SMILES string of the molecule is CC(C)(C)OC(=O)c1ccc(B(O)O)cc1.COC(=O)c1cc(-c2nc(-c3ccc(Cl)c(Cl)c3)cs2)ccc1-c1ccc(C(=O)OC(C)(C)C)cc1.COC(=O)c1cc(-c2nc(-c3ccc(Cl)c(Cl)c3)cs2)ccc1Br. The van der Waals surface area contributed by atoms with Crippen LogP contribution in [0.1, 0.15) is 83.0 Å². The lowest BCUT2D eigenvalue weighted by Crippen LogP contribution is -2.30. The van der Waals surface area contributed by atoms with Gasteiger partial charge in [-0.25, -0.2) is 29.1 Å². The van der Waals surface area contributed by atoms with E-state index in [0.717, 1.165) is 49.2 Å². The number of hydrogen-bond acceptors (Lipinski definition) is 14. The summed E-state index contributed by atoms with van der Waals surface area (Å²) in [6, 6.07) is 34.6. The number of halogens is 5. The van der Waals surface area contributed by atoms with E-state index in [1.54, 1.807) is 81.4 Å². The Labute approximate surface area is 476 Å². The predicted molar refractivity (Wildman–Crippen MR) is 308 cm³/mol. The average molecular weight is 1210 g/mol. The molecule has 2 heterocycles. The Morgan fingerprint density at radius 3 is 1.32 bits per heavy atom. The van der Waals surface area contributed by atoms with Crippen LogP contribution in [0.15, 0.2) is 137 Å². The van der Waals surface area contributed by atoms with E-state index in [4.69, 9.17) is 80.4 Å². The maximum atomic E-state index is 12.7. The van der Waals surface area contributed by atoms with E-state index in [2.05, 4.69) is 20.9 Å². The predicted octanol–water partition coefficient (Wildman–Crippen LogP) is 14.8. The highest BCUT2D eigenvalue weighted by molar-refractivity contribution is 9.10. The molecule has 0 amide bonds. The Hall–Kier alpha value is -5.92. The molecule has 2 N–H and O–H groups in total. The summed E-state index contributed by atoms with van der Waals surface area (Å²) in [4.78, 5) is 57.8. The summed E-state index contributed by atoms with van der Waals surface area (Å²) in [6.45, 7) is 10.8. The smallest absolute Gasteiger partial charge is 0.465 e. The largest absolute Gasteiger partial charge is 0.488 e. The molecule has 76 heavy (non-hydrogen) atoms. The van der Waals surface area contributed by atoms with Gasteiger partial charge in [0.1, 0.15) is 21.2 Å². The van der Waals surface area contributed by atoms with Gasteiger partial charge in [-0.1, -0.05) is 101 Å². The van der Waals surface area contributed by atoms with Gasteiger partial charge < -0.3 is 29.0 Å². The van der Waals surface area contributed by atoms with Gasteiger partial charge in [-0.05, 0) is 141 Å². The second-order valence-corrected chi connectivity index (χ2v) is 22.5. The molecule has 20 heteroatoms. The molecule has 8 aromatic rings. The highest BCUT2D eigenvalue weighted by Gasteiger charge is 2.22. The third-order valence-corrected chi connectivity index (χ3v) is 14.4. The molecule has 0 saturated heterocycles. The van der Waals surface area contributed by atoms with Crippen LogP contribution in [0.25, 0.3) is 54.8 Å². The third kappa shape index (κ3) is 16.1. The zero-order valence-corrected chi connectivity index (χ0v) is 48.3. The van der Waals surface area contributed by atoms with Crippen molar-refractivity contribution in [2.45, 2.75) is 52.7 Å². The quantitative estimate of drug-likeness (QED) is 0.0755. The van der Waals surface area contributed by atoms with Crippen LogP contribution < -0.4 is 5.46 Å². The monoisotopic (exact) mass is 1200 g/mol. The van der Waals surface area contributed by atoms with Gasteiger partial charge in [-0.15, -0.1) is 22.7 Å². The molecule has 12 nitrogen and oxygen atoms in total. The number of benzene rings is 6. The lowest BCUT2D eigenvalue weighted by Gasteiger charge is -2.19. The second-order valence-electron chi connectivity index (χ2n) is 18.3. The van der Waals surface area contributed by atoms with E-state index in [1.807, 2.05) is 67.9 Å². The number of methoxy groups -OCH3 is 2. The van der Waals surface area contributed by atoms with Crippen molar-refractivity contribution < 1.29 is 48.2 Å². The first kappa shape index (κ1) is 59.3. The third-order valence-electron chi connectivity index (χ3n) is 10.4. The summed E-state index contributed by atoms with van der Waals surface area (Å²) < 4.78 is 21.1. The van der Waals surface area contributed by atoms with Crippen LogP contribution in [0.3, 0.4) is 0 Å². The lowest BCUT2D eigenvalue weighted by molar-refractivity contribution is 0.00570. The molecule has 8 rings (SSSR count). The molecule has 0 spiro atoms. The molecule has 0 fully saturated rings. The van der Waals surface area contributed by atoms with Crippen molar-refractivity contribution in [3.63, 3.8) is 0 Å². The number of aromatic nitrogens is 2. The van der Waals surface area contributed by atoms with Crippen molar-refractivity contribution in [1.29, 1.82) is 0 Å². The Morgan fingerprint density at radius 1 is 0.500 bits per heavy atom. The van der Waals surface area contributed by atoms with Crippen molar-refractivity contribution in [2.24, 2.45) is 0 Å². The van der Waals surface area contributed by atoms with Crippen molar-refractivity contribution in [2.75, 3.05) is 14.2 Å². The lowest BCUT2D eigenvalue weighted by atomic mass is 9.80. The minimum absolute atomic E-state index is 0.340. The van der Waals surface area contributed by atoms with Gasteiger partial charge in [0.05, 0.1) is 68.0 Å². The van der Waals surface area contributed by atoms with Gasteiger partial charge in [0.15, 0.2) is 0 Å². The van der Waals surface area contributed by atoms with E-state index in [0.29, 0.717) is 57.8 Å². The molecule has 2 aromatic heterocycles. The fraction of sp³-hybridized carbons (Fsp3) is 0.179. The summed E-state index contributed by atoms with van der Waals surface area (Å²) in [5.41, 5.74) is 7.26. The molecular weight excluding hydrogens is 1160 g/mol. The first-order valence-electron chi connectivity index (χ1n) is 22.8. The minimum Gasteiger partial charge on any atom is -0.465 e. The van der Waals surface area contributed by atoms with Crippen LogP contribution >= 0.6 is 85.0 Å². The van der Waals surface area contributed by atoms with E-state index in [9.17, 15) is 19.2 Å². The van der Waals surface area contributed by atoms with Gasteiger partial charge >= 0.3 is 31.0 Å². The maximum Gasteiger partial charge on any atom is 0.488 e. The Morgan fingerprint density at radius 2 is 0.895 bits per heavy atom. The molecule has 6 aromatic carbocycles. The van der Waals surface area contributed by atoms with Crippen LogP contribution in [0.4, 0.5) is 0 Å². The van der Waals surface area contributed by atoms with E-state index in [-0.39, 0.29) is 0 Å². The number of ether oxygens (including phenoxy) is 4. The Kier molecular flexibility index (Phi) is 20.3. The summed E-state index contributed by atoms with van der Waals surface area (Å²) in [5, 5.41) is 25.1. The summed E-state index contributed by atoms with van der Waals surface area (Å²) in [7, 11) is 1.18. The first-order chi connectivity index (χ1) is 35.8. The highest BCUT2D eigenvalue weighted by atomic mass is 79.9. The molecule has 0 atom stereocenters. The van der Waals surface area contributed by atoms with Crippen LogP contribution in [0.2, 0.25) is 20.1 Å².